The van der Waals surface area contributed by atoms with Crippen LogP contribution in [0.15, 0.2) is 60.7 Å². The number of carbonyl (C=O) groups is 2. The third kappa shape index (κ3) is 12.6. The lowest BCUT2D eigenvalue weighted by molar-refractivity contribution is -0.0324. The number of aliphatic hydroxyl groups is 2. The number of hydrogen-bond donors (Lipinski definition) is 4. The Kier molecular flexibility index (Phi) is 13.8. The number of aliphatic hydroxyl groups excluding tert-OH is 1. The summed E-state index contributed by atoms with van der Waals surface area (Å²) in [5.41, 5.74) is 0.00771. The quantitative estimate of drug-likeness (QED) is 0.461. The van der Waals surface area contributed by atoms with Crippen molar-refractivity contribution in [3.8, 4) is 0 Å². The minimum absolute atomic E-state index is 0.231. The van der Waals surface area contributed by atoms with Crippen LogP contribution in [0.2, 0.25) is 0 Å². The van der Waals surface area contributed by atoms with Gasteiger partial charge in [0, 0.05) is 6.42 Å². The lowest BCUT2D eigenvalue weighted by atomic mass is 9.86. The van der Waals surface area contributed by atoms with Crippen LogP contribution in [0, 0.1) is 5.92 Å². The van der Waals surface area contributed by atoms with Crippen LogP contribution < -0.4 is 0 Å². The Balaban J connectivity index is 0.000000445. The number of carboxylic acids is 2. The minimum atomic E-state index is -0.879. The first kappa shape index (κ1) is 28.3. The highest BCUT2D eigenvalue weighted by molar-refractivity contribution is 5.87. The minimum Gasteiger partial charge on any atom is -0.478 e. The molecule has 0 radical (unpaired) electrons. The Labute approximate surface area is 185 Å². The summed E-state index contributed by atoms with van der Waals surface area (Å²) in [4.78, 5) is 20.4. The molecule has 0 saturated carbocycles. The molecule has 0 aliphatic rings. The summed E-state index contributed by atoms with van der Waals surface area (Å²) in [5, 5.41) is 36.5. The molecule has 6 nitrogen and oxygen atoms in total. The van der Waals surface area contributed by atoms with E-state index in [0.717, 1.165) is 19.3 Å². The fourth-order valence-corrected chi connectivity index (χ4v) is 2.67. The van der Waals surface area contributed by atoms with E-state index < -0.39 is 17.5 Å². The zero-order valence-electron chi connectivity index (χ0n) is 18.9. The lowest BCUT2D eigenvalue weighted by Crippen LogP contribution is -2.34. The number of hydrogen-bond acceptors (Lipinski definition) is 4. The van der Waals surface area contributed by atoms with Crippen LogP contribution in [0.5, 0.6) is 0 Å². The number of benzene rings is 2. The second-order valence-corrected chi connectivity index (χ2v) is 7.69. The van der Waals surface area contributed by atoms with Gasteiger partial charge in [-0.15, -0.1) is 0 Å². The Morgan fingerprint density at radius 1 is 0.839 bits per heavy atom. The van der Waals surface area contributed by atoms with Crippen molar-refractivity contribution in [1.82, 2.24) is 0 Å². The zero-order valence-corrected chi connectivity index (χ0v) is 18.9. The summed E-state index contributed by atoms with van der Waals surface area (Å²) in [5.74, 6) is -1.53. The van der Waals surface area contributed by atoms with Crippen molar-refractivity contribution < 1.29 is 30.0 Å². The van der Waals surface area contributed by atoms with Crippen molar-refractivity contribution >= 4 is 11.9 Å². The standard InChI is InChI=1S/C11H24O2.2C7H6O2/c1-5-7-11(13,6-2)8-10(12)9(3)4;2*8-7(9)6-4-2-1-3-5-6/h9-10,12-13H,5-8H2,1-4H3;2*1-5H,(H,8,9). The maximum absolute atomic E-state index is 10.2. The number of aromatic carboxylic acids is 2. The lowest BCUT2D eigenvalue weighted by Gasteiger charge is -2.30. The first-order valence-corrected chi connectivity index (χ1v) is 10.5. The molecule has 2 aromatic carbocycles. The molecule has 2 atom stereocenters. The first-order valence-electron chi connectivity index (χ1n) is 10.5. The topological polar surface area (TPSA) is 115 Å². The summed E-state index contributed by atoms with van der Waals surface area (Å²) >= 11 is 0. The average Bonchev–Trinajstić information content (AvgIpc) is 2.76. The third-order valence-electron chi connectivity index (χ3n) is 4.77. The highest BCUT2D eigenvalue weighted by Crippen LogP contribution is 2.25. The molecule has 31 heavy (non-hydrogen) atoms. The molecular weight excluding hydrogens is 396 g/mol. The van der Waals surface area contributed by atoms with Gasteiger partial charge in [0.2, 0.25) is 0 Å². The van der Waals surface area contributed by atoms with Crippen LogP contribution in [-0.2, 0) is 0 Å². The predicted octanol–water partition coefficient (Wildman–Crippen LogP) is 5.10. The maximum atomic E-state index is 10.2. The first-order chi connectivity index (χ1) is 14.6. The highest BCUT2D eigenvalue weighted by Gasteiger charge is 2.28. The van der Waals surface area contributed by atoms with Crippen molar-refractivity contribution in [3.05, 3.63) is 71.8 Å². The molecule has 0 bridgehead atoms. The van der Waals surface area contributed by atoms with Gasteiger partial charge in [0.1, 0.15) is 0 Å². The zero-order chi connectivity index (χ0) is 23.9. The van der Waals surface area contributed by atoms with Crippen LogP contribution >= 0.6 is 0 Å². The molecule has 0 aliphatic carbocycles. The molecule has 0 fully saturated rings. The van der Waals surface area contributed by atoms with E-state index in [9.17, 15) is 19.8 Å². The van der Waals surface area contributed by atoms with Gasteiger partial charge in [0.15, 0.2) is 0 Å². The van der Waals surface area contributed by atoms with E-state index in [1.165, 1.54) is 0 Å². The van der Waals surface area contributed by atoms with Gasteiger partial charge in [-0.1, -0.05) is 70.5 Å². The molecule has 0 heterocycles. The Morgan fingerprint density at radius 2 is 1.23 bits per heavy atom. The van der Waals surface area contributed by atoms with Crippen LogP contribution in [0.1, 0.15) is 74.1 Å². The Bertz CT molecular complexity index is 696. The second-order valence-electron chi connectivity index (χ2n) is 7.69. The van der Waals surface area contributed by atoms with E-state index >= 15 is 0 Å². The summed E-state index contributed by atoms with van der Waals surface area (Å²) in [6, 6.07) is 16.6. The largest absolute Gasteiger partial charge is 0.478 e. The molecule has 2 aromatic rings. The average molecular weight is 433 g/mol. The van der Waals surface area contributed by atoms with Gasteiger partial charge in [-0.2, -0.15) is 0 Å². The monoisotopic (exact) mass is 432 g/mol. The molecule has 2 rings (SSSR count). The SMILES string of the molecule is CCCC(O)(CC)CC(O)C(C)C.O=C(O)c1ccccc1.O=C(O)c1ccccc1. The molecule has 4 N–H and O–H groups in total. The molecule has 0 amide bonds. The number of carboxylic acid groups (broad SMARTS) is 2. The van der Waals surface area contributed by atoms with Gasteiger partial charge in [0.05, 0.1) is 22.8 Å². The number of rotatable bonds is 8. The van der Waals surface area contributed by atoms with Crippen molar-refractivity contribution in [1.29, 1.82) is 0 Å². The Hall–Kier alpha value is -2.70. The predicted molar refractivity (Wildman–Crippen MR) is 122 cm³/mol. The summed E-state index contributed by atoms with van der Waals surface area (Å²) in [6.07, 6.45) is 2.61. The van der Waals surface area contributed by atoms with Crippen molar-refractivity contribution in [3.63, 3.8) is 0 Å². The van der Waals surface area contributed by atoms with Gasteiger partial charge in [0.25, 0.3) is 0 Å². The van der Waals surface area contributed by atoms with Crippen LogP contribution in [0.3, 0.4) is 0 Å². The fraction of sp³-hybridized carbons (Fsp3) is 0.440. The van der Waals surface area contributed by atoms with Crippen molar-refractivity contribution in [2.45, 2.75) is 65.1 Å². The summed E-state index contributed by atoms with van der Waals surface area (Å²) < 4.78 is 0. The molecular formula is C25H36O6. The molecule has 0 spiro atoms. The molecule has 0 saturated heterocycles. The van der Waals surface area contributed by atoms with E-state index in [0.29, 0.717) is 17.5 Å². The Morgan fingerprint density at radius 3 is 1.45 bits per heavy atom. The van der Waals surface area contributed by atoms with E-state index in [-0.39, 0.29) is 12.0 Å². The summed E-state index contributed by atoms with van der Waals surface area (Å²) in [7, 11) is 0. The molecule has 172 valence electrons. The van der Waals surface area contributed by atoms with Gasteiger partial charge in [-0.3, -0.25) is 0 Å². The van der Waals surface area contributed by atoms with Gasteiger partial charge >= 0.3 is 11.9 Å². The van der Waals surface area contributed by atoms with Crippen LogP contribution in [0.25, 0.3) is 0 Å². The molecule has 2 unspecified atom stereocenters. The normalized spacial score (nSPS) is 13.0. The molecule has 0 aliphatic heterocycles. The molecule has 0 aromatic heterocycles. The molecule has 6 heteroatoms. The smallest absolute Gasteiger partial charge is 0.335 e. The van der Waals surface area contributed by atoms with E-state index in [1.54, 1.807) is 60.7 Å². The fourth-order valence-electron chi connectivity index (χ4n) is 2.67. The van der Waals surface area contributed by atoms with E-state index in [4.69, 9.17) is 10.2 Å². The van der Waals surface area contributed by atoms with E-state index in [2.05, 4.69) is 6.92 Å². The maximum Gasteiger partial charge on any atom is 0.335 e. The van der Waals surface area contributed by atoms with Gasteiger partial charge in [-0.05, 0) is 43.0 Å². The van der Waals surface area contributed by atoms with Crippen LogP contribution in [-0.4, -0.2) is 44.1 Å². The van der Waals surface area contributed by atoms with Crippen molar-refractivity contribution in [2.24, 2.45) is 5.92 Å². The van der Waals surface area contributed by atoms with Gasteiger partial charge < -0.3 is 20.4 Å². The second kappa shape index (κ2) is 15.2. The van der Waals surface area contributed by atoms with Crippen LogP contribution in [0.4, 0.5) is 0 Å². The highest BCUT2D eigenvalue weighted by atomic mass is 16.4. The van der Waals surface area contributed by atoms with Gasteiger partial charge in [-0.25, -0.2) is 9.59 Å². The van der Waals surface area contributed by atoms with E-state index in [1.807, 2.05) is 20.8 Å². The van der Waals surface area contributed by atoms with Crippen molar-refractivity contribution in [2.75, 3.05) is 0 Å². The summed E-state index contributed by atoms with van der Waals surface area (Å²) in [6.45, 7) is 7.99. The third-order valence-corrected chi connectivity index (χ3v) is 4.77.